The fraction of sp³-hybridized carbons (Fsp3) is 0.588. The highest BCUT2D eigenvalue weighted by Crippen LogP contribution is 2.33. The van der Waals surface area contributed by atoms with Crippen LogP contribution in [0.25, 0.3) is 11.4 Å². The van der Waals surface area contributed by atoms with Crippen molar-refractivity contribution >= 4 is 21.4 Å². The fourth-order valence-corrected chi connectivity index (χ4v) is 3.22. The van der Waals surface area contributed by atoms with Crippen LogP contribution >= 0.6 is 10.0 Å². The number of nitro groups is 1. The van der Waals surface area contributed by atoms with Crippen molar-refractivity contribution in [1.29, 1.82) is 0 Å². The van der Waals surface area contributed by atoms with Crippen LogP contribution in [0, 0.1) is 10.1 Å². The van der Waals surface area contributed by atoms with Crippen LogP contribution in [0.4, 0.5) is 11.4 Å². The number of hydrogen-bond donors (Lipinski definition) is 1. The Morgan fingerprint density at radius 1 is 1.43 bits per heavy atom. The van der Waals surface area contributed by atoms with Gasteiger partial charge >= 0.3 is 0 Å². The maximum absolute atomic E-state index is 11.3. The van der Waals surface area contributed by atoms with Gasteiger partial charge in [-0.1, -0.05) is 0 Å². The Kier molecular flexibility index (Phi) is 6.47. The second kappa shape index (κ2) is 8.84. The highest BCUT2D eigenvalue weighted by molar-refractivity contribution is 8.32. The third kappa shape index (κ3) is 5.40. The number of rotatable bonds is 10. The van der Waals surface area contributed by atoms with Gasteiger partial charge in [-0.05, 0) is 47.7 Å². The molecule has 154 valence electrons. The third-order valence-electron chi connectivity index (χ3n) is 4.35. The lowest BCUT2D eigenvalue weighted by Gasteiger charge is -2.26. The van der Waals surface area contributed by atoms with Gasteiger partial charge in [-0.2, -0.15) is 4.68 Å². The van der Waals surface area contributed by atoms with Crippen molar-refractivity contribution in [3.05, 3.63) is 28.3 Å². The highest BCUT2D eigenvalue weighted by atomic mass is 32.3. The van der Waals surface area contributed by atoms with Crippen molar-refractivity contribution in [2.45, 2.75) is 19.3 Å². The quantitative estimate of drug-likeness (QED) is 0.359. The number of anilines is 1. The predicted octanol–water partition coefficient (Wildman–Crippen LogP) is 2.12. The summed E-state index contributed by atoms with van der Waals surface area (Å²) in [6, 6.07) is 4.80. The van der Waals surface area contributed by atoms with E-state index in [-0.39, 0.29) is 18.5 Å². The van der Waals surface area contributed by atoms with E-state index >= 15 is 0 Å². The molecule has 11 heteroatoms. The molecule has 1 aliphatic rings. The van der Waals surface area contributed by atoms with Crippen molar-refractivity contribution < 1.29 is 14.4 Å². The lowest BCUT2D eigenvalue weighted by atomic mass is 10.1. The number of aromatic nitrogens is 4. The Labute approximate surface area is 165 Å². The minimum absolute atomic E-state index is 0.00602. The molecule has 1 fully saturated rings. The summed E-state index contributed by atoms with van der Waals surface area (Å²) in [6.45, 7) is 2.12. The monoisotopic (exact) mass is 410 g/mol. The molecule has 0 amide bonds. The maximum atomic E-state index is 11.3. The number of nitrogens with zero attached hydrogens (tertiary/aromatic N) is 5. The normalized spacial score (nSPS) is 17.2. The maximum Gasteiger partial charge on any atom is 0.292 e. The Morgan fingerprint density at radius 3 is 2.86 bits per heavy atom. The molecule has 28 heavy (non-hydrogen) atoms. The molecular formula is C17H26N6O4S. The number of tetrazole rings is 1. The topological polar surface area (TPSA) is 117 Å². The number of nitrogens with one attached hydrogen (secondary N) is 1. The Balaban J connectivity index is 1.72. The molecule has 0 unspecified atom stereocenters. The first kappa shape index (κ1) is 20.5. The predicted molar refractivity (Wildman–Crippen MR) is 109 cm³/mol. The van der Waals surface area contributed by atoms with Crippen LogP contribution < -0.4 is 5.32 Å². The molecule has 1 aliphatic heterocycles. The molecule has 0 saturated carbocycles. The van der Waals surface area contributed by atoms with Crippen LogP contribution in [0.3, 0.4) is 0 Å². The molecule has 1 saturated heterocycles. The Hall–Kier alpha value is -2.24. The first-order valence-electron chi connectivity index (χ1n) is 8.98. The zero-order chi connectivity index (χ0) is 20.1. The van der Waals surface area contributed by atoms with Gasteiger partial charge in [-0.25, -0.2) is 10.0 Å². The summed E-state index contributed by atoms with van der Waals surface area (Å²) in [4.78, 5) is 10.9. The average molecular weight is 411 g/mol. The van der Waals surface area contributed by atoms with E-state index in [4.69, 9.17) is 9.47 Å². The number of benzene rings is 1. The number of hydrogen-bond acceptors (Lipinski definition) is 8. The zero-order valence-corrected chi connectivity index (χ0v) is 17.1. The molecule has 2 heterocycles. The van der Waals surface area contributed by atoms with Crippen molar-refractivity contribution in [3.63, 3.8) is 0 Å². The Bertz CT molecular complexity index is 818. The van der Waals surface area contributed by atoms with Crippen molar-refractivity contribution in [3.8, 4) is 11.4 Å². The molecule has 3 rings (SSSR count). The van der Waals surface area contributed by atoms with Crippen LogP contribution in [-0.2, 0) is 16.2 Å². The van der Waals surface area contributed by atoms with E-state index in [1.54, 1.807) is 16.8 Å². The summed E-state index contributed by atoms with van der Waals surface area (Å²) in [5, 5.41) is 26.2. The molecule has 0 spiro atoms. The lowest BCUT2D eigenvalue weighted by molar-refractivity contribution is -0.384. The van der Waals surface area contributed by atoms with E-state index < -0.39 is 15.0 Å². The standard InChI is InChI=1S/C17H26N6O4S/c1-28(2,3)9-8-26-12-22-17(19-20-21-22)13-4-5-16(23(24)25)15(10-13)18-11-14-6-7-27-14/h4-5,10,14,18H,6-9,11-12H2,1-3H3/t14-/m0/s1. The first-order chi connectivity index (χ1) is 13.3. The zero-order valence-electron chi connectivity index (χ0n) is 16.3. The first-order valence-corrected chi connectivity index (χ1v) is 12.0. The van der Waals surface area contributed by atoms with Gasteiger partial charge in [-0.3, -0.25) is 10.1 Å². The summed E-state index contributed by atoms with van der Waals surface area (Å²) in [6.07, 6.45) is 7.75. The summed E-state index contributed by atoms with van der Waals surface area (Å²) in [5.41, 5.74) is 1.11. The van der Waals surface area contributed by atoms with Crippen molar-refractivity contribution in [1.82, 2.24) is 20.2 Å². The van der Waals surface area contributed by atoms with Gasteiger partial charge in [0.2, 0.25) is 0 Å². The van der Waals surface area contributed by atoms with Crippen LogP contribution in [-0.4, -0.2) is 75.5 Å². The van der Waals surface area contributed by atoms with Crippen LogP contribution in [0.1, 0.15) is 6.42 Å². The van der Waals surface area contributed by atoms with E-state index in [0.29, 0.717) is 30.2 Å². The molecule has 0 bridgehead atoms. The van der Waals surface area contributed by atoms with Crippen LogP contribution in [0.2, 0.25) is 0 Å². The van der Waals surface area contributed by atoms with Crippen molar-refractivity contribution in [2.75, 3.05) is 49.6 Å². The van der Waals surface area contributed by atoms with Crippen LogP contribution in [0.5, 0.6) is 0 Å². The molecule has 0 aliphatic carbocycles. The molecule has 1 atom stereocenters. The second-order valence-electron chi connectivity index (χ2n) is 7.49. The van der Waals surface area contributed by atoms with Gasteiger partial charge in [0.1, 0.15) is 12.4 Å². The second-order valence-corrected chi connectivity index (χ2v) is 12.1. The smallest absolute Gasteiger partial charge is 0.292 e. The minimum atomic E-state index is -0.625. The van der Waals surface area contributed by atoms with Gasteiger partial charge in [0.05, 0.1) is 17.6 Å². The molecule has 10 nitrogen and oxygen atoms in total. The van der Waals surface area contributed by atoms with Gasteiger partial charge < -0.3 is 14.8 Å². The van der Waals surface area contributed by atoms with E-state index in [1.807, 2.05) is 0 Å². The SMILES string of the molecule is CS(C)(C)CCOCn1nnnc1-c1ccc([N+](=O)[O-])c(NC[C@@H]2CCO2)c1. The van der Waals surface area contributed by atoms with E-state index in [0.717, 1.165) is 18.8 Å². The van der Waals surface area contributed by atoms with Gasteiger partial charge in [0, 0.05) is 30.5 Å². The number of nitro benzene ring substituents is 1. The van der Waals surface area contributed by atoms with Crippen molar-refractivity contribution in [2.24, 2.45) is 0 Å². The Morgan fingerprint density at radius 2 is 2.21 bits per heavy atom. The molecular weight excluding hydrogens is 384 g/mol. The highest BCUT2D eigenvalue weighted by Gasteiger charge is 2.21. The largest absolute Gasteiger partial charge is 0.377 e. The fourth-order valence-electron chi connectivity index (χ4n) is 2.60. The summed E-state index contributed by atoms with van der Waals surface area (Å²) in [7, 11) is -0.625. The average Bonchev–Trinajstić information content (AvgIpc) is 3.04. The van der Waals surface area contributed by atoms with Gasteiger partial charge in [0.15, 0.2) is 5.82 Å². The van der Waals surface area contributed by atoms with Gasteiger partial charge in [-0.15, -0.1) is 5.10 Å². The van der Waals surface area contributed by atoms with E-state index in [9.17, 15) is 10.1 Å². The van der Waals surface area contributed by atoms with E-state index in [2.05, 4.69) is 39.6 Å². The molecule has 2 aromatic rings. The van der Waals surface area contributed by atoms with E-state index in [1.165, 1.54) is 6.07 Å². The summed E-state index contributed by atoms with van der Waals surface area (Å²) in [5.74, 6) is 1.50. The number of ether oxygens (including phenoxy) is 2. The molecule has 1 N–H and O–H groups in total. The minimum Gasteiger partial charge on any atom is -0.377 e. The third-order valence-corrected chi connectivity index (χ3v) is 5.74. The molecule has 1 aromatic carbocycles. The summed E-state index contributed by atoms with van der Waals surface area (Å²) >= 11 is 0. The molecule has 0 radical (unpaired) electrons. The lowest BCUT2D eigenvalue weighted by Crippen LogP contribution is -2.33. The summed E-state index contributed by atoms with van der Waals surface area (Å²) < 4.78 is 12.6. The van der Waals surface area contributed by atoms with Gasteiger partial charge in [0.25, 0.3) is 5.69 Å². The molecule has 1 aromatic heterocycles. The van der Waals surface area contributed by atoms with Crippen LogP contribution in [0.15, 0.2) is 18.2 Å².